The van der Waals surface area contributed by atoms with E-state index < -0.39 is 0 Å². The van der Waals surface area contributed by atoms with Gasteiger partial charge < -0.3 is 14.5 Å². The van der Waals surface area contributed by atoms with Gasteiger partial charge in [-0.2, -0.15) is 0 Å². The van der Waals surface area contributed by atoms with Gasteiger partial charge in [-0.25, -0.2) is 0 Å². The van der Waals surface area contributed by atoms with Gasteiger partial charge in [0, 0.05) is 52.4 Å². The van der Waals surface area contributed by atoms with E-state index >= 15 is 0 Å². The quantitative estimate of drug-likeness (QED) is 0.723. The Kier molecular flexibility index (Phi) is 6.99. The summed E-state index contributed by atoms with van der Waals surface area (Å²) in [4.78, 5) is 17.9. The van der Waals surface area contributed by atoms with Gasteiger partial charge in [-0.1, -0.05) is 26.5 Å². The first-order valence-corrected chi connectivity index (χ1v) is 8.92. The number of rotatable bonds is 7. The van der Waals surface area contributed by atoms with Crippen molar-refractivity contribution < 1.29 is 9.53 Å². The summed E-state index contributed by atoms with van der Waals surface area (Å²) in [7, 11) is 1.81. The minimum Gasteiger partial charge on any atom is -0.377 e. The first kappa shape index (κ1) is 18.0. The van der Waals surface area contributed by atoms with Crippen LogP contribution in [-0.2, 0) is 4.74 Å². The third-order valence-electron chi connectivity index (χ3n) is 4.77. The molecule has 6 heteroatoms. The molecule has 1 heterocycles. The van der Waals surface area contributed by atoms with E-state index in [-0.39, 0.29) is 5.24 Å². The van der Waals surface area contributed by atoms with Crippen LogP contribution >= 0.6 is 12.6 Å². The van der Waals surface area contributed by atoms with Gasteiger partial charge in [-0.05, 0) is 18.8 Å². The molecule has 1 aliphatic carbocycles. The molecule has 0 aromatic heterocycles. The Morgan fingerprint density at radius 1 is 1.23 bits per heavy atom. The van der Waals surface area contributed by atoms with Crippen molar-refractivity contribution in [3.63, 3.8) is 0 Å². The van der Waals surface area contributed by atoms with Crippen LogP contribution in [0.4, 0.5) is 4.79 Å². The van der Waals surface area contributed by atoms with Crippen molar-refractivity contribution >= 4 is 17.9 Å². The first-order chi connectivity index (χ1) is 10.5. The minimum absolute atomic E-state index is 0.150. The van der Waals surface area contributed by atoms with Gasteiger partial charge in [0.25, 0.3) is 5.24 Å². The van der Waals surface area contributed by atoms with E-state index in [0.717, 1.165) is 45.0 Å². The fourth-order valence-electron chi connectivity index (χ4n) is 3.21. The highest BCUT2D eigenvalue weighted by Gasteiger charge is 2.34. The summed E-state index contributed by atoms with van der Waals surface area (Å²) in [5.74, 6) is 0.753. The summed E-state index contributed by atoms with van der Waals surface area (Å²) >= 11 is 3.85. The zero-order valence-corrected chi connectivity index (χ0v) is 15.1. The lowest BCUT2D eigenvalue weighted by molar-refractivity contribution is -0.0432. The summed E-state index contributed by atoms with van der Waals surface area (Å²) in [6.45, 7) is 12.3. The van der Waals surface area contributed by atoms with Crippen LogP contribution in [0.5, 0.6) is 0 Å². The van der Waals surface area contributed by atoms with Gasteiger partial charge in [0.15, 0.2) is 0 Å². The number of amides is 1. The van der Waals surface area contributed by atoms with Crippen molar-refractivity contribution in [2.75, 3.05) is 52.9 Å². The van der Waals surface area contributed by atoms with E-state index in [0.29, 0.717) is 12.1 Å². The average molecular weight is 330 g/mol. The molecule has 0 radical (unpaired) electrons. The molecule has 0 aromatic carbocycles. The highest BCUT2D eigenvalue weighted by molar-refractivity contribution is 7.96. The van der Waals surface area contributed by atoms with Crippen LogP contribution in [0.3, 0.4) is 0 Å². The second-order valence-electron chi connectivity index (χ2n) is 7.05. The molecule has 1 saturated heterocycles. The fraction of sp³-hybridized carbons (Fsp3) is 0.938. The highest BCUT2D eigenvalue weighted by Crippen LogP contribution is 2.28. The molecule has 0 aromatic rings. The SMILES string of the molecule is CC(C)CN1CCN(CCOC2CC(N(C)C(=O)S)C2)CC1. The molecular weight excluding hydrogens is 298 g/mol. The first-order valence-electron chi connectivity index (χ1n) is 8.47. The van der Waals surface area contributed by atoms with Gasteiger partial charge in [-0.3, -0.25) is 9.69 Å². The summed E-state index contributed by atoms with van der Waals surface area (Å²) in [6.07, 6.45) is 2.22. The molecule has 0 unspecified atom stereocenters. The Morgan fingerprint density at radius 3 is 2.36 bits per heavy atom. The van der Waals surface area contributed by atoms with Gasteiger partial charge >= 0.3 is 0 Å². The van der Waals surface area contributed by atoms with Crippen LogP contribution in [0.2, 0.25) is 0 Å². The molecule has 1 amide bonds. The maximum Gasteiger partial charge on any atom is 0.278 e. The largest absolute Gasteiger partial charge is 0.377 e. The van der Waals surface area contributed by atoms with E-state index in [1.54, 1.807) is 4.90 Å². The highest BCUT2D eigenvalue weighted by atomic mass is 32.1. The maximum absolute atomic E-state index is 11.1. The second-order valence-corrected chi connectivity index (χ2v) is 7.43. The average Bonchev–Trinajstić information content (AvgIpc) is 2.41. The summed E-state index contributed by atoms with van der Waals surface area (Å²) in [6, 6.07) is 0.314. The molecule has 0 atom stereocenters. The van der Waals surface area contributed by atoms with Gasteiger partial charge in [-0.15, -0.1) is 0 Å². The Hall–Kier alpha value is -0.300. The van der Waals surface area contributed by atoms with Gasteiger partial charge in [0.2, 0.25) is 0 Å². The predicted octanol–water partition coefficient (Wildman–Crippen LogP) is 1.79. The number of carbonyl (C=O) groups is 1. The number of carbonyl (C=O) groups excluding carboxylic acids is 1. The van der Waals surface area contributed by atoms with Crippen molar-refractivity contribution in [2.24, 2.45) is 5.92 Å². The van der Waals surface area contributed by atoms with Crippen LogP contribution in [0.1, 0.15) is 26.7 Å². The standard InChI is InChI=1S/C16H31N3O2S/c1-13(2)12-19-6-4-18(5-7-19)8-9-21-15-10-14(11-15)17(3)16(20)22/h13-15H,4-12H2,1-3H3,(H,20,22). The third-order valence-corrected chi connectivity index (χ3v) is 5.08. The van der Waals surface area contributed by atoms with Gasteiger partial charge in [0.1, 0.15) is 0 Å². The lowest BCUT2D eigenvalue weighted by Gasteiger charge is -2.40. The van der Waals surface area contributed by atoms with Crippen LogP contribution in [0.25, 0.3) is 0 Å². The second kappa shape index (κ2) is 8.52. The number of thiol groups is 1. The topological polar surface area (TPSA) is 36.0 Å². The van der Waals surface area contributed by atoms with E-state index in [2.05, 4.69) is 36.3 Å². The van der Waals surface area contributed by atoms with E-state index in [1.807, 2.05) is 7.05 Å². The normalized spacial score (nSPS) is 27.0. The number of nitrogens with zero attached hydrogens (tertiary/aromatic N) is 3. The number of hydrogen-bond donors (Lipinski definition) is 1. The maximum atomic E-state index is 11.1. The Bertz CT molecular complexity index is 353. The molecule has 0 bridgehead atoms. The summed E-state index contributed by atoms with van der Waals surface area (Å²) in [5, 5.41) is -0.150. The lowest BCUT2D eigenvalue weighted by atomic mass is 9.88. The predicted molar refractivity (Wildman–Crippen MR) is 92.6 cm³/mol. The molecular formula is C16H31N3O2S. The molecule has 2 rings (SSSR count). The van der Waals surface area contributed by atoms with Crippen LogP contribution < -0.4 is 0 Å². The molecule has 2 aliphatic rings. The van der Waals surface area contributed by atoms with E-state index in [9.17, 15) is 4.79 Å². The van der Waals surface area contributed by atoms with Crippen molar-refractivity contribution in [1.82, 2.24) is 14.7 Å². The van der Waals surface area contributed by atoms with Crippen molar-refractivity contribution in [3.8, 4) is 0 Å². The van der Waals surface area contributed by atoms with E-state index in [4.69, 9.17) is 4.74 Å². The van der Waals surface area contributed by atoms with Gasteiger partial charge in [0.05, 0.1) is 12.7 Å². The third kappa shape index (κ3) is 5.41. The van der Waals surface area contributed by atoms with Crippen LogP contribution in [0.15, 0.2) is 0 Å². The molecule has 22 heavy (non-hydrogen) atoms. The van der Waals surface area contributed by atoms with Crippen molar-refractivity contribution in [3.05, 3.63) is 0 Å². The number of piperazine rings is 1. The van der Waals surface area contributed by atoms with E-state index in [1.165, 1.54) is 19.6 Å². The molecule has 0 spiro atoms. The number of hydrogen-bond acceptors (Lipinski definition) is 4. The molecule has 1 saturated carbocycles. The lowest BCUT2D eigenvalue weighted by Crippen LogP contribution is -2.49. The summed E-state index contributed by atoms with van der Waals surface area (Å²) < 4.78 is 5.91. The molecule has 5 nitrogen and oxygen atoms in total. The molecule has 128 valence electrons. The number of ether oxygens (including phenoxy) is 1. The van der Waals surface area contributed by atoms with Crippen molar-refractivity contribution in [2.45, 2.75) is 38.8 Å². The molecule has 2 fully saturated rings. The van der Waals surface area contributed by atoms with Crippen LogP contribution in [0, 0.1) is 5.92 Å². The summed E-state index contributed by atoms with van der Waals surface area (Å²) in [5.41, 5.74) is 0. The zero-order valence-electron chi connectivity index (χ0n) is 14.2. The van der Waals surface area contributed by atoms with Crippen LogP contribution in [-0.4, -0.2) is 85.0 Å². The Morgan fingerprint density at radius 2 is 1.82 bits per heavy atom. The molecule has 1 aliphatic heterocycles. The zero-order chi connectivity index (χ0) is 16.1. The minimum atomic E-state index is -0.150. The fourth-order valence-corrected chi connectivity index (χ4v) is 3.37. The Balaban J connectivity index is 1.51. The smallest absolute Gasteiger partial charge is 0.278 e. The monoisotopic (exact) mass is 329 g/mol. The molecule has 0 N–H and O–H groups in total. The Labute approximate surface area is 140 Å². The van der Waals surface area contributed by atoms with Crippen molar-refractivity contribution in [1.29, 1.82) is 0 Å².